The molecule has 116 valence electrons. The number of carbonyl (C=O) groups excluding carboxylic acids is 1. The van der Waals surface area contributed by atoms with Gasteiger partial charge in [0, 0.05) is 16.9 Å². The molecule has 1 aliphatic rings. The molecule has 4 rings (SSSR count). The Morgan fingerprint density at radius 2 is 2.13 bits per heavy atom. The number of hydrogen-bond donors (Lipinski definition) is 2. The normalized spacial score (nSPS) is 13.0. The van der Waals surface area contributed by atoms with Gasteiger partial charge >= 0.3 is 0 Å². The number of carbonyl (C=O) groups is 1. The quantitative estimate of drug-likeness (QED) is 0.769. The van der Waals surface area contributed by atoms with Crippen molar-refractivity contribution >= 4 is 11.6 Å². The lowest BCUT2D eigenvalue weighted by Gasteiger charge is -2.06. The van der Waals surface area contributed by atoms with Crippen molar-refractivity contribution in [2.45, 2.75) is 25.8 Å². The summed E-state index contributed by atoms with van der Waals surface area (Å²) in [7, 11) is 0. The zero-order valence-corrected chi connectivity index (χ0v) is 12.5. The summed E-state index contributed by atoms with van der Waals surface area (Å²) in [6, 6.07) is 7.70. The van der Waals surface area contributed by atoms with Crippen LogP contribution in [0.25, 0.3) is 0 Å². The number of aromatic amines is 1. The minimum atomic E-state index is -0.159. The van der Waals surface area contributed by atoms with Crippen LogP contribution in [0.3, 0.4) is 0 Å². The summed E-state index contributed by atoms with van der Waals surface area (Å²) in [5, 5.41) is 14.1. The minimum absolute atomic E-state index is 0.159. The molecule has 0 aliphatic heterocycles. The first-order valence-corrected chi connectivity index (χ1v) is 7.58. The van der Waals surface area contributed by atoms with Crippen molar-refractivity contribution in [3.8, 4) is 0 Å². The first kappa shape index (κ1) is 13.7. The lowest BCUT2D eigenvalue weighted by atomic mass is 10.1. The van der Waals surface area contributed by atoms with Gasteiger partial charge in [-0.15, -0.1) is 0 Å². The van der Waals surface area contributed by atoms with Gasteiger partial charge in [0.25, 0.3) is 5.91 Å². The Kier molecular flexibility index (Phi) is 3.38. The molecule has 2 N–H and O–H groups in total. The van der Waals surface area contributed by atoms with E-state index in [2.05, 4.69) is 25.6 Å². The van der Waals surface area contributed by atoms with Crippen LogP contribution in [0.2, 0.25) is 0 Å². The van der Waals surface area contributed by atoms with Crippen molar-refractivity contribution in [3.63, 3.8) is 0 Å². The van der Waals surface area contributed by atoms with E-state index in [9.17, 15) is 4.79 Å². The summed E-state index contributed by atoms with van der Waals surface area (Å²) < 4.78 is 1.75. The van der Waals surface area contributed by atoms with Gasteiger partial charge in [-0.1, -0.05) is 12.1 Å². The van der Waals surface area contributed by atoms with Crippen LogP contribution in [-0.4, -0.2) is 30.9 Å². The van der Waals surface area contributed by atoms with Gasteiger partial charge in [0.2, 0.25) is 0 Å². The second-order valence-corrected chi connectivity index (χ2v) is 5.63. The molecule has 1 aliphatic carbocycles. The van der Waals surface area contributed by atoms with Crippen molar-refractivity contribution in [3.05, 3.63) is 59.4 Å². The zero-order valence-electron chi connectivity index (χ0n) is 12.5. The molecule has 0 spiro atoms. The lowest BCUT2D eigenvalue weighted by molar-refractivity contribution is 0.102. The number of hydrogen-bond acceptors (Lipinski definition) is 4. The Balaban J connectivity index is 1.45. The molecule has 7 heteroatoms. The predicted molar refractivity (Wildman–Crippen MR) is 84.1 cm³/mol. The number of aromatic nitrogens is 5. The van der Waals surface area contributed by atoms with Crippen LogP contribution >= 0.6 is 0 Å². The van der Waals surface area contributed by atoms with E-state index in [1.54, 1.807) is 11.0 Å². The van der Waals surface area contributed by atoms with Crippen LogP contribution < -0.4 is 5.32 Å². The Morgan fingerprint density at radius 3 is 2.91 bits per heavy atom. The van der Waals surface area contributed by atoms with E-state index in [0.717, 1.165) is 41.8 Å². The van der Waals surface area contributed by atoms with Crippen LogP contribution in [0.15, 0.2) is 36.9 Å². The van der Waals surface area contributed by atoms with Crippen LogP contribution in [0.1, 0.15) is 33.7 Å². The predicted octanol–water partition coefficient (Wildman–Crippen LogP) is 1.79. The second-order valence-electron chi connectivity index (χ2n) is 5.63. The molecule has 3 aromatic rings. The standard InChI is InChI=1S/C16H16N6O/c23-16(15-13-2-1-3-14(13)20-21-15)19-12-6-4-11(5-7-12)8-22-10-17-9-18-22/h4-7,9-10H,1-3,8H2,(H,19,23)(H,20,21). The fourth-order valence-electron chi connectivity index (χ4n) is 2.89. The van der Waals surface area contributed by atoms with Crippen LogP contribution in [0.5, 0.6) is 0 Å². The Hall–Kier alpha value is -2.96. The number of anilines is 1. The average molecular weight is 308 g/mol. The third-order valence-corrected chi connectivity index (χ3v) is 4.04. The fourth-order valence-corrected chi connectivity index (χ4v) is 2.89. The number of amides is 1. The van der Waals surface area contributed by atoms with Gasteiger partial charge in [-0.05, 0) is 37.0 Å². The van der Waals surface area contributed by atoms with Crippen molar-refractivity contribution in [2.75, 3.05) is 5.32 Å². The number of benzene rings is 1. The van der Waals surface area contributed by atoms with Gasteiger partial charge in [-0.2, -0.15) is 10.2 Å². The molecule has 0 radical (unpaired) electrons. The summed E-state index contributed by atoms with van der Waals surface area (Å²) in [4.78, 5) is 16.3. The maximum atomic E-state index is 12.4. The van der Waals surface area contributed by atoms with E-state index in [1.165, 1.54) is 6.33 Å². The molecule has 2 aromatic heterocycles. The lowest BCUT2D eigenvalue weighted by Crippen LogP contribution is -2.14. The SMILES string of the molecule is O=C(Nc1ccc(Cn2cncn2)cc1)c1n[nH]c2c1CCC2. The zero-order chi connectivity index (χ0) is 15.6. The second kappa shape index (κ2) is 5.68. The maximum Gasteiger partial charge on any atom is 0.276 e. The van der Waals surface area contributed by atoms with Gasteiger partial charge in [0.05, 0.1) is 6.54 Å². The molecule has 1 aromatic carbocycles. The number of nitrogens with zero attached hydrogens (tertiary/aromatic N) is 4. The molecule has 1 amide bonds. The molecule has 2 heterocycles. The number of rotatable bonds is 4. The van der Waals surface area contributed by atoms with Gasteiger partial charge < -0.3 is 5.32 Å². The van der Waals surface area contributed by atoms with E-state index in [1.807, 2.05) is 24.3 Å². The average Bonchev–Trinajstić information content (AvgIpc) is 3.26. The van der Waals surface area contributed by atoms with Gasteiger partial charge in [-0.3, -0.25) is 9.89 Å². The number of aryl methyl sites for hydroxylation is 1. The molecule has 0 saturated carbocycles. The summed E-state index contributed by atoms with van der Waals surface area (Å²) >= 11 is 0. The Labute approximate surface area is 132 Å². The third kappa shape index (κ3) is 2.73. The van der Waals surface area contributed by atoms with E-state index in [-0.39, 0.29) is 5.91 Å². The van der Waals surface area contributed by atoms with E-state index < -0.39 is 0 Å². The number of nitrogens with one attached hydrogen (secondary N) is 2. The highest BCUT2D eigenvalue weighted by Crippen LogP contribution is 2.23. The van der Waals surface area contributed by atoms with Gasteiger partial charge in [-0.25, -0.2) is 9.67 Å². The van der Waals surface area contributed by atoms with Crippen LogP contribution in [0.4, 0.5) is 5.69 Å². The highest BCUT2D eigenvalue weighted by molar-refractivity contribution is 6.04. The molecular weight excluding hydrogens is 292 g/mol. The first-order chi connectivity index (χ1) is 11.3. The molecule has 0 fully saturated rings. The summed E-state index contributed by atoms with van der Waals surface area (Å²) in [6.45, 7) is 0.654. The molecule has 7 nitrogen and oxygen atoms in total. The molecule has 0 bridgehead atoms. The first-order valence-electron chi connectivity index (χ1n) is 7.58. The third-order valence-electron chi connectivity index (χ3n) is 4.04. The molecule has 0 atom stereocenters. The monoisotopic (exact) mass is 308 g/mol. The largest absolute Gasteiger partial charge is 0.321 e. The van der Waals surface area contributed by atoms with Crippen molar-refractivity contribution < 1.29 is 4.79 Å². The van der Waals surface area contributed by atoms with Crippen LogP contribution in [-0.2, 0) is 19.4 Å². The highest BCUT2D eigenvalue weighted by atomic mass is 16.1. The van der Waals surface area contributed by atoms with Crippen molar-refractivity contribution in [2.24, 2.45) is 0 Å². The number of H-pyrrole nitrogens is 1. The summed E-state index contributed by atoms with van der Waals surface area (Å²) in [6.07, 6.45) is 6.17. The molecule has 0 unspecified atom stereocenters. The number of fused-ring (bicyclic) bond motifs is 1. The van der Waals surface area contributed by atoms with Crippen molar-refractivity contribution in [1.29, 1.82) is 0 Å². The van der Waals surface area contributed by atoms with Gasteiger partial charge in [0.1, 0.15) is 12.7 Å². The molecule has 0 saturated heterocycles. The Morgan fingerprint density at radius 1 is 1.26 bits per heavy atom. The Bertz CT molecular complexity index is 819. The smallest absolute Gasteiger partial charge is 0.276 e. The van der Waals surface area contributed by atoms with Crippen LogP contribution in [0, 0.1) is 0 Å². The van der Waals surface area contributed by atoms with E-state index in [0.29, 0.717) is 12.2 Å². The van der Waals surface area contributed by atoms with Gasteiger partial charge in [0.15, 0.2) is 5.69 Å². The summed E-state index contributed by atoms with van der Waals surface area (Å²) in [5.74, 6) is -0.159. The fraction of sp³-hybridized carbons (Fsp3) is 0.250. The highest BCUT2D eigenvalue weighted by Gasteiger charge is 2.22. The summed E-state index contributed by atoms with van der Waals surface area (Å²) in [5.41, 5.74) is 4.52. The minimum Gasteiger partial charge on any atom is -0.321 e. The maximum absolute atomic E-state index is 12.4. The molecular formula is C16H16N6O. The topological polar surface area (TPSA) is 88.5 Å². The van der Waals surface area contributed by atoms with Crippen molar-refractivity contribution in [1.82, 2.24) is 25.0 Å². The van der Waals surface area contributed by atoms with E-state index >= 15 is 0 Å². The van der Waals surface area contributed by atoms with E-state index in [4.69, 9.17) is 0 Å². The molecule has 23 heavy (non-hydrogen) atoms.